The second-order valence-corrected chi connectivity index (χ2v) is 5.69. The summed E-state index contributed by atoms with van der Waals surface area (Å²) in [7, 11) is 0. The lowest BCUT2D eigenvalue weighted by Gasteiger charge is -2.23. The van der Waals surface area contributed by atoms with E-state index in [0.29, 0.717) is 23.0 Å². The van der Waals surface area contributed by atoms with Crippen LogP contribution in [0.2, 0.25) is 0 Å². The van der Waals surface area contributed by atoms with Crippen molar-refractivity contribution in [2.24, 2.45) is 0 Å². The van der Waals surface area contributed by atoms with Crippen molar-refractivity contribution in [2.45, 2.75) is 31.7 Å². The van der Waals surface area contributed by atoms with Gasteiger partial charge in [0, 0.05) is 16.5 Å². The molecule has 0 N–H and O–H groups in total. The topological polar surface area (TPSA) is 27.1 Å². The van der Waals surface area contributed by atoms with Gasteiger partial charge in [0.25, 0.3) is 0 Å². The van der Waals surface area contributed by atoms with Gasteiger partial charge in [0.15, 0.2) is 11.9 Å². The molecule has 7 heteroatoms. The van der Waals surface area contributed by atoms with Gasteiger partial charge in [-0.2, -0.15) is 18.3 Å². The first kappa shape index (κ1) is 13.9. The van der Waals surface area contributed by atoms with Gasteiger partial charge < -0.3 is 4.74 Å². The number of hydrogen-bond acceptors (Lipinski definition) is 2. The summed E-state index contributed by atoms with van der Waals surface area (Å²) >= 11 is 3.20. The molecule has 0 spiro atoms. The maximum Gasteiger partial charge on any atom is 0.435 e. The number of ether oxygens (including phenoxy) is 1. The molecule has 0 amide bonds. The number of nitrogens with zero attached hydrogens (tertiary/aromatic N) is 2. The molecular formula is C13H12BrF3N2O. The van der Waals surface area contributed by atoms with Gasteiger partial charge in [0.1, 0.15) is 0 Å². The Labute approximate surface area is 121 Å². The van der Waals surface area contributed by atoms with Gasteiger partial charge in [0.05, 0.1) is 5.52 Å². The van der Waals surface area contributed by atoms with Crippen LogP contribution in [0, 0.1) is 0 Å². The average Bonchev–Trinajstić information content (AvgIpc) is 2.78. The molecule has 1 atom stereocenters. The highest BCUT2D eigenvalue weighted by molar-refractivity contribution is 9.10. The third kappa shape index (κ3) is 2.44. The fraction of sp³-hybridized carbons (Fsp3) is 0.462. The molecule has 0 radical (unpaired) electrons. The molecule has 108 valence electrons. The van der Waals surface area contributed by atoms with E-state index >= 15 is 0 Å². The van der Waals surface area contributed by atoms with Crippen molar-refractivity contribution < 1.29 is 17.9 Å². The molecular weight excluding hydrogens is 337 g/mol. The molecule has 1 aliphatic rings. The molecule has 1 aromatic carbocycles. The molecule has 2 heterocycles. The van der Waals surface area contributed by atoms with Crippen LogP contribution >= 0.6 is 15.9 Å². The lowest BCUT2D eigenvalue weighted by Crippen LogP contribution is -2.19. The lowest BCUT2D eigenvalue weighted by molar-refractivity contribution is -0.141. The van der Waals surface area contributed by atoms with Gasteiger partial charge in [-0.05, 0) is 37.5 Å². The van der Waals surface area contributed by atoms with Gasteiger partial charge in [-0.25, -0.2) is 4.68 Å². The minimum atomic E-state index is -4.47. The smallest absolute Gasteiger partial charge is 0.356 e. The molecule has 20 heavy (non-hydrogen) atoms. The van der Waals surface area contributed by atoms with Crippen molar-refractivity contribution in [3.8, 4) is 0 Å². The van der Waals surface area contributed by atoms with Crippen LogP contribution in [0.3, 0.4) is 0 Å². The van der Waals surface area contributed by atoms with E-state index in [1.165, 1.54) is 10.7 Å². The zero-order valence-corrected chi connectivity index (χ0v) is 12.0. The number of alkyl halides is 3. The summed E-state index contributed by atoms with van der Waals surface area (Å²) in [6.07, 6.45) is -2.33. The SMILES string of the molecule is FC(F)(F)c1nn([C@H]2CCCCO2)c2ccc(Br)cc12. The lowest BCUT2D eigenvalue weighted by atomic mass is 10.1. The van der Waals surface area contributed by atoms with Crippen LogP contribution in [0.4, 0.5) is 13.2 Å². The third-order valence-electron chi connectivity index (χ3n) is 3.37. The predicted octanol–water partition coefficient (Wildman–Crippen LogP) is 4.52. The molecule has 0 aliphatic carbocycles. The Bertz CT molecular complexity index is 632. The Morgan fingerprint density at radius 3 is 2.75 bits per heavy atom. The fourth-order valence-electron chi connectivity index (χ4n) is 2.46. The third-order valence-corrected chi connectivity index (χ3v) is 3.86. The fourth-order valence-corrected chi connectivity index (χ4v) is 2.82. The van der Waals surface area contributed by atoms with E-state index in [9.17, 15) is 13.2 Å². The van der Waals surface area contributed by atoms with Crippen molar-refractivity contribution in [1.29, 1.82) is 0 Å². The van der Waals surface area contributed by atoms with Crippen molar-refractivity contribution in [3.63, 3.8) is 0 Å². The summed E-state index contributed by atoms with van der Waals surface area (Å²) in [6, 6.07) is 4.80. The van der Waals surface area contributed by atoms with Crippen LogP contribution in [0.1, 0.15) is 31.2 Å². The number of aromatic nitrogens is 2. The van der Waals surface area contributed by atoms with Crippen LogP contribution < -0.4 is 0 Å². The maximum atomic E-state index is 13.1. The Morgan fingerprint density at radius 1 is 1.30 bits per heavy atom. The predicted molar refractivity (Wildman–Crippen MR) is 71.3 cm³/mol. The highest BCUT2D eigenvalue weighted by atomic mass is 79.9. The first-order chi connectivity index (χ1) is 9.47. The van der Waals surface area contributed by atoms with Crippen LogP contribution in [0.5, 0.6) is 0 Å². The molecule has 0 unspecified atom stereocenters. The van der Waals surface area contributed by atoms with Gasteiger partial charge >= 0.3 is 6.18 Å². The van der Waals surface area contributed by atoms with Crippen LogP contribution in [0.15, 0.2) is 22.7 Å². The second kappa shape index (κ2) is 5.04. The standard InChI is InChI=1S/C13H12BrF3N2O/c14-8-4-5-10-9(7-8)12(13(15,16)17)18-19(10)11-3-1-2-6-20-11/h4-5,7,11H,1-3,6H2/t11-/m1/s1. The summed E-state index contributed by atoms with van der Waals surface area (Å²) in [4.78, 5) is 0. The second-order valence-electron chi connectivity index (χ2n) is 4.77. The number of hydrogen-bond donors (Lipinski definition) is 0. The van der Waals surface area contributed by atoms with Gasteiger partial charge in [-0.15, -0.1) is 0 Å². The molecule has 1 saturated heterocycles. The number of benzene rings is 1. The zero-order chi connectivity index (χ0) is 14.3. The molecule has 2 aromatic rings. The summed E-state index contributed by atoms with van der Waals surface area (Å²) in [6.45, 7) is 0.559. The Hall–Kier alpha value is -1.08. The average molecular weight is 349 g/mol. The highest BCUT2D eigenvalue weighted by Gasteiger charge is 2.37. The molecule has 1 aliphatic heterocycles. The first-order valence-electron chi connectivity index (χ1n) is 6.33. The van der Waals surface area contributed by atoms with Gasteiger partial charge in [-0.1, -0.05) is 15.9 Å². The van der Waals surface area contributed by atoms with Gasteiger partial charge in [0.2, 0.25) is 0 Å². The summed E-state index contributed by atoms with van der Waals surface area (Å²) in [5.74, 6) is 0. The van der Waals surface area contributed by atoms with E-state index in [0.717, 1.165) is 12.8 Å². The molecule has 3 rings (SSSR count). The normalized spacial score (nSPS) is 20.5. The van der Waals surface area contributed by atoms with E-state index < -0.39 is 18.1 Å². The number of rotatable bonds is 1. The van der Waals surface area contributed by atoms with E-state index in [2.05, 4.69) is 21.0 Å². The van der Waals surface area contributed by atoms with Gasteiger partial charge in [-0.3, -0.25) is 0 Å². The summed E-state index contributed by atoms with van der Waals surface area (Å²) in [5.41, 5.74) is -0.407. The molecule has 1 aromatic heterocycles. The van der Waals surface area contributed by atoms with E-state index in [1.807, 2.05) is 0 Å². The van der Waals surface area contributed by atoms with Crippen LogP contribution in [0.25, 0.3) is 10.9 Å². The molecule has 3 nitrogen and oxygen atoms in total. The Morgan fingerprint density at radius 2 is 2.10 bits per heavy atom. The first-order valence-corrected chi connectivity index (χ1v) is 7.12. The molecule has 0 saturated carbocycles. The van der Waals surface area contributed by atoms with Crippen molar-refractivity contribution >= 4 is 26.8 Å². The Balaban J connectivity index is 2.17. The zero-order valence-electron chi connectivity index (χ0n) is 10.5. The van der Waals surface area contributed by atoms with Crippen molar-refractivity contribution in [3.05, 3.63) is 28.4 Å². The minimum absolute atomic E-state index is 0.0982. The maximum absolute atomic E-state index is 13.1. The number of fused-ring (bicyclic) bond motifs is 1. The number of halogens is 4. The summed E-state index contributed by atoms with van der Waals surface area (Å²) < 4.78 is 46.8. The Kier molecular flexibility index (Phi) is 3.50. The summed E-state index contributed by atoms with van der Waals surface area (Å²) in [5, 5.41) is 3.87. The van der Waals surface area contributed by atoms with E-state index in [-0.39, 0.29) is 5.39 Å². The van der Waals surface area contributed by atoms with Crippen molar-refractivity contribution in [1.82, 2.24) is 9.78 Å². The van der Waals surface area contributed by atoms with Crippen LogP contribution in [-0.2, 0) is 10.9 Å². The quantitative estimate of drug-likeness (QED) is 0.757. The van der Waals surface area contributed by atoms with Crippen molar-refractivity contribution in [2.75, 3.05) is 6.61 Å². The minimum Gasteiger partial charge on any atom is -0.356 e. The van der Waals surface area contributed by atoms with E-state index in [4.69, 9.17) is 4.74 Å². The van der Waals surface area contributed by atoms with E-state index in [1.54, 1.807) is 12.1 Å². The van der Waals surface area contributed by atoms with Crippen LogP contribution in [-0.4, -0.2) is 16.4 Å². The largest absolute Gasteiger partial charge is 0.435 e. The molecule has 1 fully saturated rings. The molecule has 0 bridgehead atoms. The monoisotopic (exact) mass is 348 g/mol. The highest BCUT2D eigenvalue weighted by Crippen LogP contribution is 2.37.